The predicted octanol–water partition coefficient (Wildman–Crippen LogP) is 0.491. The Labute approximate surface area is 53.2 Å². The molecule has 3 nitrogen and oxygen atoms in total. The molecule has 0 N–H and O–H groups in total. The second kappa shape index (κ2) is 1.57. The van der Waals surface area contributed by atoms with E-state index in [9.17, 15) is 0 Å². The van der Waals surface area contributed by atoms with Gasteiger partial charge in [-0.15, -0.1) is 0 Å². The van der Waals surface area contributed by atoms with Crippen LogP contribution in [0.4, 0.5) is 0 Å². The maximum Gasteiger partial charge on any atom is 0.122 e. The second-order valence-electron chi connectivity index (χ2n) is 2.20. The van der Waals surface area contributed by atoms with Gasteiger partial charge in [0.25, 0.3) is 0 Å². The van der Waals surface area contributed by atoms with Crippen LogP contribution in [0.15, 0.2) is 12.3 Å². The van der Waals surface area contributed by atoms with Crippen molar-refractivity contribution in [3.63, 3.8) is 0 Å². The van der Waals surface area contributed by atoms with Crippen LogP contribution in [0, 0.1) is 0 Å². The van der Waals surface area contributed by atoms with Crippen molar-refractivity contribution in [1.82, 2.24) is 9.78 Å². The summed E-state index contributed by atoms with van der Waals surface area (Å²) in [5.74, 6) is 0. The Bertz CT molecular complexity index is 215. The van der Waals surface area contributed by atoms with Crippen LogP contribution in [-0.4, -0.2) is 16.4 Å². The SMILES string of the molecule is Cn1nccc1C1CO1. The summed E-state index contributed by atoms with van der Waals surface area (Å²) in [5.41, 5.74) is 1.18. The second-order valence-corrected chi connectivity index (χ2v) is 2.20. The molecule has 48 valence electrons. The summed E-state index contributed by atoms with van der Waals surface area (Å²) in [6.07, 6.45) is 2.12. The molecule has 1 saturated heterocycles. The van der Waals surface area contributed by atoms with E-state index in [-0.39, 0.29) is 0 Å². The first-order valence-corrected chi connectivity index (χ1v) is 2.97. The third-order valence-corrected chi connectivity index (χ3v) is 1.52. The molecule has 3 heteroatoms. The molecule has 0 spiro atoms. The Morgan fingerprint density at radius 3 is 3.11 bits per heavy atom. The molecule has 2 heterocycles. The molecule has 1 aliphatic rings. The van der Waals surface area contributed by atoms with Crippen LogP contribution in [0.2, 0.25) is 0 Å². The van der Waals surface area contributed by atoms with E-state index in [1.807, 2.05) is 17.8 Å². The lowest BCUT2D eigenvalue weighted by Gasteiger charge is -1.92. The standard InChI is InChI=1S/C6H8N2O/c1-8-5(2-3-7-8)6-4-9-6/h2-3,6H,4H2,1H3. The largest absolute Gasteiger partial charge is 0.366 e. The first-order valence-electron chi connectivity index (χ1n) is 2.97. The van der Waals surface area contributed by atoms with Gasteiger partial charge in [0, 0.05) is 13.2 Å². The molecule has 9 heavy (non-hydrogen) atoms. The lowest BCUT2D eigenvalue weighted by Crippen LogP contribution is -1.95. The molecule has 0 saturated carbocycles. The Kier molecular flexibility index (Phi) is 0.873. The average molecular weight is 124 g/mol. The number of ether oxygens (including phenoxy) is 1. The number of aromatic nitrogens is 2. The number of rotatable bonds is 1. The van der Waals surface area contributed by atoms with Gasteiger partial charge in [-0.1, -0.05) is 0 Å². The van der Waals surface area contributed by atoms with E-state index >= 15 is 0 Å². The van der Waals surface area contributed by atoms with E-state index in [2.05, 4.69) is 5.10 Å². The van der Waals surface area contributed by atoms with Gasteiger partial charge in [-0.3, -0.25) is 4.68 Å². The minimum Gasteiger partial charge on any atom is -0.366 e. The summed E-state index contributed by atoms with van der Waals surface area (Å²) in [4.78, 5) is 0. The Morgan fingerprint density at radius 2 is 2.67 bits per heavy atom. The monoisotopic (exact) mass is 124 g/mol. The van der Waals surface area contributed by atoms with Crippen LogP contribution >= 0.6 is 0 Å². The summed E-state index contributed by atoms with van der Waals surface area (Å²) >= 11 is 0. The maximum absolute atomic E-state index is 5.07. The molecule has 2 rings (SSSR count). The molecule has 0 aliphatic carbocycles. The smallest absolute Gasteiger partial charge is 0.122 e. The fourth-order valence-corrected chi connectivity index (χ4v) is 0.919. The fourth-order valence-electron chi connectivity index (χ4n) is 0.919. The highest BCUT2D eigenvalue weighted by Gasteiger charge is 2.27. The summed E-state index contributed by atoms with van der Waals surface area (Å²) in [5, 5.41) is 4.01. The Hall–Kier alpha value is -0.830. The minimum absolute atomic E-state index is 0.331. The minimum atomic E-state index is 0.331. The van der Waals surface area contributed by atoms with Crippen LogP contribution in [0.1, 0.15) is 11.8 Å². The topological polar surface area (TPSA) is 30.4 Å². The summed E-state index contributed by atoms with van der Waals surface area (Å²) in [6, 6.07) is 1.98. The van der Waals surface area contributed by atoms with Crippen LogP contribution in [0.5, 0.6) is 0 Å². The van der Waals surface area contributed by atoms with Crippen molar-refractivity contribution in [2.75, 3.05) is 6.61 Å². The maximum atomic E-state index is 5.07. The highest BCUT2D eigenvalue weighted by molar-refractivity contribution is 5.08. The average Bonchev–Trinajstić information content (AvgIpc) is 2.58. The zero-order valence-corrected chi connectivity index (χ0v) is 5.24. The summed E-state index contributed by atoms with van der Waals surface area (Å²) in [7, 11) is 1.93. The van der Waals surface area contributed by atoms with Crippen molar-refractivity contribution in [2.24, 2.45) is 7.05 Å². The molecule has 0 aromatic carbocycles. The van der Waals surface area contributed by atoms with Gasteiger partial charge in [0.1, 0.15) is 6.10 Å². The Morgan fingerprint density at radius 1 is 1.89 bits per heavy atom. The van der Waals surface area contributed by atoms with E-state index in [0.717, 1.165) is 6.61 Å². The van der Waals surface area contributed by atoms with Crippen LogP contribution in [0.25, 0.3) is 0 Å². The van der Waals surface area contributed by atoms with Gasteiger partial charge in [0.2, 0.25) is 0 Å². The van der Waals surface area contributed by atoms with Crippen molar-refractivity contribution in [3.8, 4) is 0 Å². The van der Waals surface area contributed by atoms with Crippen molar-refractivity contribution < 1.29 is 4.74 Å². The van der Waals surface area contributed by atoms with Gasteiger partial charge in [0.05, 0.1) is 12.3 Å². The van der Waals surface area contributed by atoms with Gasteiger partial charge in [-0.2, -0.15) is 5.10 Å². The fraction of sp³-hybridized carbons (Fsp3) is 0.500. The van der Waals surface area contributed by atoms with Gasteiger partial charge < -0.3 is 4.74 Å². The van der Waals surface area contributed by atoms with Crippen molar-refractivity contribution in [2.45, 2.75) is 6.10 Å². The molecule has 0 amide bonds. The van der Waals surface area contributed by atoms with Gasteiger partial charge in [0.15, 0.2) is 0 Å². The molecule has 1 unspecified atom stereocenters. The third kappa shape index (κ3) is 0.733. The van der Waals surface area contributed by atoms with Crippen LogP contribution < -0.4 is 0 Å². The van der Waals surface area contributed by atoms with Crippen molar-refractivity contribution >= 4 is 0 Å². The first-order chi connectivity index (χ1) is 4.38. The Balaban J connectivity index is 2.35. The van der Waals surface area contributed by atoms with Crippen LogP contribution in [0.3, 0.4) is 0 Å². The predicted molar refractivity (Wildman–Crippen MR) is 31.9 cm³/mol. The third-order valence-electron chi connectivity index (χ3n) is 1.52. The number of nitrogens with zero attached hydrogens (tertiary/aromatic N) is 2. The summed E-state index contributed by atoms with van der Waals surface area (Å²) < 4.78 is 6.92. The van der Waals surface area contributed by atoms with E-state index in [1.165, 1.54) is 5.69 Å². The lowest BCUT2D eigenvalue weighted by molar-refractivity contribution is 0.404. The molecular formula is C6H8N2O. The molecule has 1 fully saturated rings. The highest BCUT2D eigenvalue weighted by atomic mass is 16.6. The molecular weight excluding hydrogens is 116 g/mol. The zero-order valence-electron chi connectivity index (χ0n) is 5.24. The number of hydrogen-bond acceptors (Lipinski definition) is 2. The van der Waals surface area contributed by atoms with E-state index < -0.39 is 0 Å². The van der Waals surface area contributed by atoms with E-state index in [1.54, 1.807) is 6.20 Å². The normalized spacial score (nSPS) is 24.3. The number of epoxide rings is 1. The molecule has 0 radical (unpaired) electrons. The molecule has 0 bridgehead atoms. The first kappa shape index (κ1) is 4.99. The number of aryl methyl sites for hydroxylation is 1. The lowest BCUT2D eigenvalue weighted by atomic mass is 10.3. The summed E-state index contributed by atoms with van der Waals surface area (Å²) in [6.45, 7) is 0.861. The van der Waals surface area contributed by atoms with E-state index in [4.69, 9.17) is 4.74 Å². The molecule has 1 aromatic rings. The van der Waals surface area contributed by atoms with Gasteiger partial charge >= 0.3 is 0 Å². The molecule has 1 aromatic heterocycles. The van der Waals surface area contributed by atoms with Crippen molar-refractivity contribution in [1.29, 1.82) is 0 Å². The molecule has 1 aliphatic heterocycles. The van der Waals surface area contributed by atoms with Crippen molar-refractivity contribution in [3.05, 3.63) is 18.0 Å². The zero-order chi connectivity index (χ0) is 6.27. The van der Waals surface area contributed by atoms with Gasteiger partial charge in [-0.05, 0) is 6.07 Å². The number of hydrogen-bond donors (Lipinski definition) is 0. The van der Waals surface area contributed by atoms with Crippen LogP contribution in [-0.2, 0) is 11.8 Å². The quantitative estimate of drug-likeness (QED) is 0.510. The highest BCUT2D eigenvalue weighted by Crippen LogP contribution is 2.28. The molecule has 1 atom stereocenters. The van der Waals surface area contributed by atoms with Gasteiger partial charge in [-0.25, -0.2) is 0 Å². The van der Waals surface area contributed by atoms with E-state index in [0.29, 0.717) is 6.10 Å².